The van der Waals surface area contributed by atoms with Gasteiger partial charge in [0.2, 0.25) is 10.0 Å². The Kier molecular flexibility index (Phi) is 6.98. The summed E-state index contributed by atoms with van der Waals surface area (Å²) in [6, 6.07) is 11.7. The highest BCUT2D eigenvalue weighted by Crippen LogP contribution is 2.23. The molecule has 0 bridgehead atoms. The molecule has 0 radical (unpaired) electrons. The van der Waals surface area contributed by atoms with Gasteiger partial charge in [-0.25, -0.2) is 12.7 Å². The van der Waals surface area contributed by atoms with E-state index in [1.807, 2.05) is 0 Å². The van der Waals surface area contributed by atoms with Crippen molar-refractivity contribution in [2.45, 2.75) is 31.6 Å². The number of rotatable bonds is 8. The first-order valence-electron chi connectivity index (χ1n) is 8.83. The third-order valence-electron chi connectivity index (χ3n) is 4.09. The van der Waals surface area contributed by atoms with Gasteiger partial charge in [0.1, 0.15) is 5.75 Å². The van der Waals surface area contributed by atoms with Gasteiger partial charge in [0.15, 0.2) is 0 Å². The van der Waals surface area contributed by atoms with Crippen LogP contribution in [-0.4, -0.2) is 39.3 Å². The minimum Gasteiger partial charge on any atom is -0.494 e. The summed E-state index contributed by atoms with van der Waals surface area (Å²) in [5.74, 6) is 0.405. The van der Waals surface area contributed by atoms with E-state index >= 15 is 0 Å². The lowest BCUT2D eigenvalue weighted by molar-refractivity contribution is 0.102. The average molecular weight is 391 g/mol. The Balaban J connectivity index is 2.14. The largest absolute Gasteiger partial charge is 0.494 e. The predicted molar refractivity (Wildman–Crippen MR) is 107 cm³/mol. The fraction of sp³-hybridized carbons (Fsp3) is 0.350. The van der Waals surface area contributed by atoms with Crippen molar-refractivity contribution in [2.75, 3.05) is 26.0 Å². The highest BCUT2D eigenvalue weighted by atomic mass is 32.2. The van der Waals surface area contributed by atoms with Crippen LogP contribution in [0.2, 0.25) is 0 Å². The number of anilines is 1. The van der Waals surface area contributed by atoms with Crippen LogP contribution in [0, 0.1) is 6.92 Å². The molecule has 0 spiro atoms. The molecule has 0 aliphatic heterocycles. The molecular weight excluding hydrogens is 364 g/mol. The van der Waals surface area contributed by atoms with Gasteiger partial charge in [-0.15, -0.1) is 0 Å². The second-order valence-corrected chi connectivity index (χ2v) is 8.57. The Morgan fingerprint density at radius 2 is 1.78 bits per heavy atom. The average Bonchev–Trinajstić information content (AvgIpc) is 2.63. The molecule has 2 aromatic rings. The topological polar surface area (TPSA) is 75.7 Å². The van der Waals surface area contributed by atoms with Crippen LogP contribution in [0.4, 0.5) is 5.69 Å². The molecule has 1 amide bonds. The first-order valence-corrected chi connectivity index (χ1v) is 10.3. The van der Waals surface area contributed by atoms with Crippen molar-refractivity contribution < 1.29 is 17.9 Å². The number of hydrogen-bond donors (Lipinski definition) is 1. The third-order valence-corrected chi connectivity index (χ3v) is 6.04. The molecule has 7 heteroatoms. The number of ether oxygens (including phenoxy) is 1. The maximum absolute atomic E-state index is 12.5. The highest BCUT2D eigenvalue weighted by molar-refractivity contribution is 7.89. The number of nitrogens with zero attached hydrogens (tertiary/aromatic N) is 1. The number of benzene rings is 2. The lowest BCUT2D eigenvalue weighted by Crippen LogP contribution is -2.23. The number of amides is 1. The van der Waals surface area contributed by atoms with Crippen molar-refractivity contribution in [3.63, 3.8) is 0 Å². The Labute approximate surface area is 161 Å². The summed E-state index contributed by atoms with van der Waals surface area (Å²) in [7, 11) is -0.629. The smallest absolute Gasteiger partial charge is 0.255 e. The monoisotopic (exact) mass is 390 g/mol. The Morgan fingerprint density at radius 3 is 2.37 bits per heavy atom. The number of sulfonamides is 1. The van der Waals surface area contributed by atoms with Crippen molar-refractivity contribution in [3.05, 3.63) is 53.6 Å². The fourth-order valence-corrected chi connectivity index (χ4v) is 3.54. The molecule has 0 aliphatic rings. The van der Waals surface area contributed by atoms with Crippen molar-refractivity contribution in [1.82, 2.24) is 4.31 Å². The number of hydrogen-bond acceptors (Lipinski definition) is 4. The van der Waals surface area contributed by atoms with E-state index < -0.39 is 10.0 Å². The fourth-order valence-electron chi connectivity index (χ4n) is 2.39. The van der Waals surface area contributed by atoms with E-state index in [1.165, 1.54) is 20.2 Å². The van der Waals surface area contributed by atoms with Crippen LogP contribution in [-0.2, 0) is 10.0 Å². The summed E-state index contributed by atoms with van der Waals surface area (Å²) in [6.45, 7) is 4.46. The normalized spacial score (nSPS) is 11.4. The third kappa shape index (κ3) is 5.30. The van der Waals surface area contributed by atoms with Gasteiger partial charge in [-0.3, -0.25) is 4.79 Å². The highest BCUT2D eigenvalue weighted by Gasteiger charge is 2.20. The van der Waals surface area contributed by atoms with Gasteiger partial charge in [-0.2, -0.15) is 0 Å². The first kappa shape index (κ1) is 20.9. The van der Waals surface area contributed by atoms with E-state index in [-0.39, 0.29) is 10.8 Å². The standard InChI is InChI=1S/C20H26N2O4S/c1-5-6-13-26-18-11-8-16(9-12-18)20(23)21-17-10-7-15(2)19(14-17)27(24,25)22(3)4/h7-12,14H,5-6,13H2,1-4H3,(H,21,23). The van der Waals surface area contributed by atoms with Crippen LogP contribution in [0.5, 0.6) is 5.75 Å². The molecule has 2 aromatic carbocycles. The van der Waals surface area contributed by atoms with E-state index in [9.17, 15) is 13.2 Å². The van der Waals surface area contributed by atoms with Gasteiger partial charge in [-0.1, -0.05) is 19.4 Å². The lowest BCUT2D eigenvalue weighted by atomic mass is 10.2. The SMILES string of the molecule is CCCCOc1ccc(C(=O)Nc2ccc(C)c(S(=O)(=O)N(C)C)c2)cc1. The maximum atomic E-state index is 12.5. The van der Waals surface area contributed by atoms with Gasteiger partial charge in [-0.05, 0) is 55.3 Å². The minimum absolute atomic E-state index is 0.171. The van der Waals surface area contributed by atoms with Gasteiger partial charge in [0.25, 0.3) is 5.91 Å². The molecule has 146 valence electrons. The van der Waals surface area contributed by atoms with E-state index in [0.717, 1.165) is 22.9 Å². The molecule has 0 saturated heterocycles. The van der Waals surface area contributed by atoms with Crippen molar-refractivity contribution >= 4 is 21.6 Å². The van der Waals surface area contributed by atoms with Crippen LogP contribution in [0.3, 0.4) is 0 Å². The summed E-state index contributed by atoms with van der Waals surface area (Å²) < 4.78 is 31.5. The number of nitrogens with one attached hydrogen (secondary N) is 1. The molecule has 0 heterocycles. The molecule has 0 aromatic heterocycles. The molecule has 27 heavy (non-hydrogen) atoms. The second kappa shape index (κ2) is 9.01. The van der Waals surface area contributed by atoms with Crippen LogP contribution in [0.1, 0.15) is 35.7 Å². The van der Waals surface area contributed by atoms with Crippen molar-refractivity contribution in [3.8, 4) is 5.75 Å². The predicted octanol–water partition coefficient (Wildman–Crippen LogP) is 3.68. The van der Waals surface area contributed by atoms with Crippen molar-refractivity contribution in [2.24, 2.45) is 0 Å². The number of unbranched alkanes of at least 4 members (excludes halogenated alkanes) is 1. The molecular formula is C20H26N2O4S. The molecule has 0 atom stereocenters. The van der Waals surface area contributed by atoms with Gasteiger partial charge >= 0.3 is 0 Å². The number of carbonyl (C=O) groups is 1. The lowest BCUT2D eigenvalue weighted by Gasteiger charge is -2.15. The minimum atomic E-state index is -3.58. The summed E-state index contributed by atoms with van der Waals surface area (Å²) in [6.07, 6.45) is 2.04. The Hall–Kier alpha value is -2.38. The number of aryl methyl sites for hydroxylation is 1. The molecule has 0 aliphatic carbocycles. The molecule has 6 nitrogen and oxygen atoms in total. The summed E-state index contributed by atoms with van der Waals surface area (Å²) in [4.78, 5) is 12.6. The van der Waals surface area contributed by atoms with Crippen LogP contribution >= 0.6 is 0 Å². The van der Waals surface area contributed by atoms with Crippen LogP contribution < -0.4 is 10.1 Å². The quantitative estimate of drug-likeness (QED) is 0.698. The summed E-state index contributed by atoms with van der Waals surface area (Å²) in [5, 5.41) is 2.75. The van der Waals surface area contributed by atoms with Gasteiger partial charge in [0, 0.05) is 25.3 Å². The molecule has 0 saturated carbocycles. The van der Waals surface area contributed by atoms with E-state index in [1.54, 1.807) is 43.3 Å². The molecule has 0 unspecified atom stereocenters. The second-order valence-electron chi connectivity index (χ2n) is 6.45. The van der Waals surface area contributed by atoms with E-state index in [0.29, 0.717) is 23.4 Å². The van der Waals surface area contributed by atoms with Gasteiger partial charge in [0.05, 0.1) is 11.5 Å². The van der Waals surface area contributed by atoms with Crippen LogP contribution in [0.25, 0.3) is 0 Å². The number of carbonyl (C=O) groups excluding carboxylic acids is 1. The zero-order valence-electron chi connectivity index (χ0n) is 16.2. The molecule has 0 fully saturated rings. The van der Waals surface area contributed by atoms with Gasteiger partial charge < -0.3 is 10.1 Å². The van der Waals surface area contributed by atoms with E-state index in [4.69, 9.17) is 4.74 Å². The zero-order chi connectivity index (χ0) is 20.0. The van der Waals surface area contributed by atoms with Crippen LogP contribution in [0.15, 0.2) is 47.4 Å². The maximum Gasteiger partial charge on any atom is 0.255 e. The van der Waals surface area contributed by atoms with E-state index in [2.05, 4.69) is 12.2 Å². The summed E-state index contributed by atoms with van der Waals surface area (Å²) >= 11 is 0. The molecule has 2 rings (SSSR count). The zero-order valence-corrected chi connectivity index (χ0v) is 17.0. The Morgan fingerprint density at radius 1 is 1.11 bits per heavy atom. The Bertz CT molecular complexity index is 891. The molecule has 1 N–H and O–H groups in total. The summed E-state index contributed by atoms with van der Waals surface area (Å²) in [5.41, 5.74) is 1.51. The van der Waals surface area contributed by atoms with Crippen molar-refractivity contribution in [1.29, 1.82) is 0 Å². The first-order chi connectivity index (χ1) is 12.8.